The second-order valence-electron chi connectivity index (χ2n) is 4.84. The fourth-order valence-electron chi connectivity index (χ4n) is 3.85. The summed E-state index contributed by atoms with van der Waals surface area (Å²) < 4.78 is 5.60. The Bertz CT molecular complexity index is 271. The van der Waals surface area contributed by atoms with Crippen LogP contribution in [0, 0.1) is 23.7 Å². The van der Waals surface area contributed by atoms with Crippen molar-refractivity contribution < 1.29 is 9.53 Å². The van der Waals surface area contributed by atoms with Crippen LogP contribution in [0.2, 0.25) is 0 Å². The number of carbonyl (C=O) groups excluding carboxylic acids is 1. The van der Waals surface area contributed by atoms with E-state index in [0.29, 0.717) is 12.7 Å². The molecule has 2 heteroatoms. The average molecular weight is 192 g/mol. The Morgan fingerprint density at radius 3 is 3.14 bits per heavy atom. The Hall–Kier alpha value is -0.630. The van der Waals surface area contributed by atoms with Crippen molar-refractivity contribution in [2.24, 2.45) is 23.7 Å². The van der Waals surface area contributed by atoms with E-state index in [1.165, 1.54) is 19.3 Å². The minimum atomic E-state index is 0.290. The van der Waals surface area contributed by atoms with E-state index in [-0.39, 0.29) is 0 Å². The molecular weight excluding hydrogens is 176 g/mol. The molecule has 0 aromatic carbocycles. The summed E-state index contributed by atoms with van der Waals surface area (Å²) in [5.41, 5.74) is 0. The van der Waals surface area contributed by atoms with E-state index in [9.17, 15) is 4.79 Å². The van der Waals surface area contributed by atoms with Crippen LogP contribution in [0.15, 0.2) is 12.2 Å². The fourth-order valence-corrected chi connectivity index (χ4v) is 3.85. The maximum absolute atomic E-state index is 10.3. The number of ether oxygens (including phenoxy) is 1. The molecule has 2 fully saturated rings. The number of hydrogen-bond donors (Lipinski definition) is 0. The summed E-state index contributed by atoms with van der Waals surface area (Å²) in [6.45, 7) is 0.290. The normalized spacial score (nSPS) is 48.4. The quantitative estimate of drug-likeness (QED) is 0.503. The first-order valence-electron chi connectivity index (χ1n) is 5.62. The number of aldehydes is 1. The smallest absolute Gasteiger partial charge is 0.145 e. The zero-order valence-electron chi connectivity index (χ0n) is 8.26. The van der Waals surface area contributed by atoms with Gasteiger partial charge in [-0.1, -0.05) is 12.2 Å². The average Bonchev–Trinajstić information content (AvgIpc) is 2.85. The number of hydrogen-bond acceptors (Lipinski definition) is 2. The molecule has 3 aliphatic carbocycles. The molecule has 14 heavy (non-hydrogen) atoms. The van der Waals surface area contributed by atoms with Crippen LogP contribution in [0.4, 0.5) is 0 Å². The number of rotatable bonds is 3. The highest BCUT2D eigenvalue weighted by atomic mass is 16.5. The van der Waals surface area contributed by atoms with Gasteiger partial charge in [0.25, 0.3) is 0 Å². The minimum absolute atomic E-state index is 0.290. The third-order valence-electron chi connectivity index (χ3n) is 4.32. The fraction of sp³-hybridized carbons (Fsp3) is 0.750. The third-order valence-corrected chi connectivity index (χ3v) is 4.32. The first-order valence-corrected chi connectivity index (χ1v) is 5.62. The molecule has 0 N–H and O–H groups in total. The maximum Gasteiger partial charge on any atom is 0.145 e. The van der Waals surface area contributed by atoms with Gasteiger partial charge in [0.2, 0.25) is 0 Å². The van der Waals surface area contributed by atoms with Crippen molar-refractivity contribution in [1.29, 1.82) is 0 Å². The molecule has 0 radical (unpaired) electrons. The molecule has 76 valence electrons. The Balaban J connectivity index is 1.69. The molecule has 0 spiro atoms. The number of allylic oxidation sites excluding steroid dienone is 2. The summed E-state index contributed by atoms with van der Waals surface area (Å²) in [7, 11) is 0. The molecule has 0 heterocycles. The topological polar surface area (TPSA) is 26.3 Å². The first kappa shape index (κ1) is 8.66. The molecule has 3 rings (SSSR count). The summed E-state index contributed by atoms with van der Waals surface area (Å²) in [6, 6.07) is 0. The zero-order valence-corrected chi connectivity index (χ0v) is 8.26. The summed E-state index contributed by atoms with van der Waals surface area (Å²) >= 11 is 0. The van der Waals surface area contributed by atoms with Crippen LogP contribution in [0.3, 0.4) is 0 Å². The molecule has 2 saturated carbocycles. The van der Waals surface area contributed by atoms with Crippen molar-refractivity contribution in [3.63, 3.8) is 0 Å². The number of carbonyl (C=O) groups is 1. The van der Waals surface area contributed by atoms with Gasteiger partial charge in [-0.25, -0.2) is 0 Å². The second-order valence-corrected chi connectivity index (χ2v) is 4.84. The van der Waals surface area contributed by atoms with Crippen LogP contribution in [0.25, 0.3) is 0 Å². The van der Waals surface area contributed by atoms with Crippen LogP contribution in [-0.2, 0) is 9.53 Å². The predicted octanol–water partition coefficient (Wildman–Crippen LogP) is 1.80. The highest BCUT2D eigenvalue weighted by Gasteiger charge is 2.52. The highest BCUT2D eigenvalue weighted by molar-refractivity contribution is 5.50. The van der Waals surface area contributed by atoms with E-state index in [0.717, 1.165) is 30.0 Å². The number of fused-ring (bicyclic) bond motifs is 5. The Labute approximate surface area is 84.3 Å². The summed E-state index contributed by atoms with van der Waals surface area (Å²) in [5, 5.41) is 0. The Morgan fingerprint density at radius 1 is 1.36 bits per heavy atom. The van der Waals surface area contributed by atoms with E-state index in [1.807, 2.05) is 0 Å². The van der Waals surface area contributed by atoms with Crippen LogP contribution in [0.5, 0.6) is 0 Å². The molecule has 2 nitrogen and oxygen atoms in total. The van der Waals surface area contributed by atoms with Crippen LogP contribution < -0.4 is 0 Å². The molecule has 0 aliphatic heterocycles. The van der Waals surface area contributed by atoms with Crippen LogP contribution >= 0.6 is 0 Å². The van der Waals surface area contributed by atoms with Gasteiger partial charge in [-0.05, 0) is 42.9 Å². The molecule has 0 amide bonds. The van der Waals surface area contributed by atoms with Crippen LogP contribution in [0.1, 0.15) is 19.3 Å². The van der Waals surface area contributed by atoms with Crippen molar-refractivity contribution in [3.05, 3.63) is 12.2 Å². The van der Waals surface area contributed by atoms with Gasteiger partial charge in [0, 0.05) is 0 Å². The SMILES string of the molecule is O=CCOC1CC2CC1C1CC=CC21. The van der Waals surface area contributed by atoms with Gasteiger partial charge in [-0.3, -0.25) is 0 Å². The van der Waals surface area contributed by atoms with Gasteiger partial charge in [-0.15, -0.1) is 0 Å². The molecule has 3 aliphatic rings. The van der Waals surface area contributed by atoms with Gasteiger partial charge in [-0.2, -0.15) is 0 Å². The van der Waals surface area contributed by atoms with Crippen molar-refractivity contribution in [2.75, 3.05) is 6.61 Å². The van der Waals surface area contributed by atoms with Crippen molar-refractivity contribution >= 4 is 6.29 Å². The molecule has 2 bridgehead atoms. The lowest BCUT2D eigenvalue weighted by Gasteiger charge is -2.30. The molecule has 5 unspecified atom stereocenters. The van der Waals surface area contributed by atoms with Gasteiger partial charge < -0.3 is 9.53 Å². The lowest BCUT2D eigenvalue weighted by atomic mass is 9.80. The lowest BCUT2D eigenvalue weighted by Crippen LogP contribution is -2.30. The monoisotopic (exact) mass is 192 g/mol. The van der Waals surface area contributed by atoms with E-state index in [4.69, 9.17) is 4.74 Å². The highest BCUT2D eigenvalue weighted by Crippen LogP contribution is 2.57. The van der Waals surface area contributed by atoms with E-state index in [1.54, 1.807) is 0 Å². The maximum atomic E-state index is 10.3. The summed E-state index contributed by atoms with van der Waals surface area (Å²) in [5.74, 6) is 3.27. The van der Waals surface area contributed by atoms with E-state index < -0.39 is 0 Å². The van der Waals surface area contributed by atoms with Crippen molar-refractivity contribution in [3.8, 4) is 0 Å². The molecule has 0 aromatic rings. The van der Waals surface area contributed by atoms with Gasteiger partial charge in [0.05, 0.1) is 6.10 Å². The summed E-state index contributed by atoms with van der Waals surface area (Å²) in [6.07, 6.45) is 9.75. The molecule has 5 atom stereocenters. The third kappa shape index (κ3) is 1.10. The zero-order chi connectivity index (χ0) is 9.54. The standard InChI is InChI=1S/C12H16O2/c13-4-5-14-12-7-8-6-11(12)10-3-1-2-9(8)10/h1-2,4,8-12H,3,5-7H2. The second kappa shape index (κ2) is 3.20. The van der Waals surface area contributed by atoms with Gasteiger partial charge >= 0.3 is 0 Å². The largest absolute Gasteiger partial charge is 0.370 e. The molecule has 0 saturated heterocycles. The van der Waals surface area contributed by atoms with Crippen LogP contribution in [-0.4, -0.2) is 19.0 Å². The van der Waals surface area contributed by atoms with E-state index >= 15 is 0 Å². The first-order chi connectivity index (χ1) is 6.90. The Kier molecular flexibility index (Phi) is 1.98. The van der Waals surface area contributed by atoms with Crippen molar-refractivity contribution in [2.45, 2.75) is 25.4 Å². The van der Waals surface area contributed by atoms with E-state index in [2.05, 4.69) is 12.2 Å². The molecule has 0 aromatic heterocycles. The van der Waals surface area contributed by atoms with Gasteiger partial charge in [0.15, 0.2) is 0 Å². The predicted molar refractivity (Wildman–Crippen MR) is 52.8 cm³/mol. The molecular formula is C12H16O2. The Morgan fingerprint density at radius 2 is 2.29 bits per heavy atom. The summed E-state index contributed by atoms with van der Waals surface area (Å²) in [4.78, 5) is 10.3. The minimum Gasteiger partial charge on any atom is -0.370 e. The van der Waals surface area contributed by atoms with Crippen molar-refractivity contribution in [1.82, 2.24) is 0 Å². The lowest BCUT2D eigenvalue weighted by molar-refractivity contribution is -0.115. The van der Waals surface area contributed by atoms with Gasteiger partial charge in [0.1, 0.15) is 12.9 Å².